The third-order valence-corrected chi connectivity index (χ3v) is 5.78. The van der Waals surface area contributed by atoms with E-state index in [0.717, 1.165) is 4.90 Å². The number of anilines is 1. The summed E-state index contributed by atoms with van der Waals surface area (Å²) in [7, 11) is 0. The Morgan fingerprint density at radius 2 is 1.91 bits per heavy atom. The summed E-state index contributed by atoms with van der Waals surface area (Å²) in [5.74, 6) is -3.20. The number of nitro benzene ring substituents is 1. The van der Waals surface area contributed by atoms with Crippen LogP contribution < -0.4 is 5.48 Å². The molecule has 2 aromatic rings. The molecule has 11 heteroatoms. The average Bonchev–Trinajstić information content (AvgIpc) is 3.05. The minimum absolute atomic E-state index is 0.124. The Hall–Kier alpha value is -3.83. The Labute approximate surface area is 188 Å². The molecule has 2 fully saturated rings. The van der Waals surface area contributed by atoms with Gasteiger partial charge < -0.3 is 9.84 Å². The molecule has 0 saturated carbocycles. The lowest BCUT2D eigenvalue weighted by Crippen LogP contribution is -2.71. The van der Waals surface area contributed by atoms with Gasteiger partial charge in [0.05, 0.1) is 28.7 Å². The van der Waals surface area contributed by atoms with E-state index in [1.54, 1.807) is 30.3 Å². The van der Waals surface area contributed by atoms with Gasteiger partial charge in [-0.2, -0.15) is 0 Å². The van der Waals surface area contributed by atoms with Crippen molar-refractivity contribution in [2.45, 2.75) is 37.8 Å². The van der Waals surface area contributed by atoms with Gasteiger partial charge in [0.2, 0.25) is 11.7 Å². The van der Waals surface area contributed by atoms with Crippen LogP contribution in [0, 0.1) is 16.0 Å². The smallest absolute Gasteiger partial charge is 0.371 e. The van der Waals surface area contributed by atoms with Crippen LogP contribution in [0.25, 0.3) is 0 Å². The fourth-order valence-corrected chi connectivity index (χ4v) is 4.12. The van der Waals surface area contributed by atoms with Gasteiger partial charge in [-0.1, -0.05) is 18.2 Å². The number of nitrogens with zero attached hydrogens (tertiary/aromatic N) is 2. The van der Waals surface area contributed by atoms with E-state index in [2.05, 4.69) is 5.48 Å². The summed E-state index contributed by atoms with van der Waals surface area (Å²) < 4.78 is 5.32. The Morgan fingerprint density at radius 1 is 1.24 bits per heavy atom. The first kappa shape index (κ1) is 22.4. The molecule has 11 nitrogen and oxygen atoms in total. The van der Waals surface area contributed by atoms with Crippen LogP contribution in [0.5, 0.6) is 0 Å². The van der Waals surface area contributed by atoms with Gasteiger partial charge in [0.15, 0.2) is 0 Å². The summed E-state index contributed by atoms with van der Waals surface area (Å²) in [6.45, 7) is 1.15. The second kappa shape index (κ2) is 8.60. The summed E-state index contributed by atoms with van der Waals surface area (Å²) >= 11 is 0. The minimum atomic E-state index is -2.36. The number of carbonyl (C=O) groups is 3. The Morgan fingerprint density at radius 3 is 2.52 bits per heavy atom. The molecule has 33 heavy (non-hydrogen) atoms. The van der Waals surface area contributed by atoms with Gasteiger partial charge in [-0.25, -0.2) is 9.63 Å². The highest BCUT2D eigenvalue weighted by Crippen LogP contribution is 2.46. The molecule has 0 spiro atoms. The molecule has 1 amide bonds. The number of esters is 1. The number of amides is 1. The quantitative estimate of drug-likeness (QED) is 0.199. The number of non-ortho nitro benzene ring substituents is 1. The number of benzene rings is 2. The van der Waals surface area contributed by atoms with Crippen molar-refractivity contribution in [1.82, 2.24) is 4.90 Å². The molecule has 2 aromatic carbocycles. The number of aliphatic hydroxyl groups excluding tert-OH is 1. The molecule has 0 aromatic heterocycles. The number of hydrogen-bond donors (Lipinski definition) is 2. The van der Waals surface area contributed by atoms with E-state index in [1.807, 2.05) is 0 Å². The molecule has 2 aliphatic heterocycles. The van der Waals surface area contributed by atoms with Crippen molar-refractivity contribution in [3.05, 3.63) is 70.3 Å². The number of nitrogens with one attached hydrogen (secondary N) is 1. The molecular weight excluding hydrogens is 434 g/mol. The van der Waals surface area contributed by atoms with Crippen molar-refractivity contribution in [3.63, 3.8) is 0 Å². The first-order chi connectivity index (χ1) is 15.8. The fourth-order valence-electron chi connectivity index (χ4n) is 4.12. The lowest BCUT2D eigenvalue weighted by atomic mass is 9.84. The molecule has 0 aliphatic carbocycles. The minimum Gasteiger partial charge on any atom is -0.457 e. The van der Waals surface area contributed by atoms with Crippen LogP contribution in [0.4, 0.5) is 11.4 Å². The van der Waals surface area contributed by atoms with Crippen LogP contribution in [-0.4, -0.2) is 50.5 Å². The van der Waals surface area contributed by atoms with Crippen molar-refractivity contribution in [1.29, 1.82) is 0 Å². The van der Waals surface area contributed by atoms with E-state index in [4.69, 9.17) is 9.57 Å². The lowest BCUT2D eigenvalue weighted by Gasteiger charge is -2.48. The number of hydrogen-bond acceptors (Lipinski definition) is 9. The molecule has 2 aliphatic rings. The third kappa shape index (κ3) is 3.81. The fraction of sp³-hybridized carbons (Fsp3) is 0.318. The van der Waals surface area contributed by atoms with E-state index in [-0.39, 0.29) is 18.7 Å². The predicted octanol–water partition coefficient (Wildman–Crippen LogP) is 1.56. The zero-order valence-corrected chi connectivity index (χ0v) is 17.5. The van der Waals surface area contributed by atoms with Crippen molar-refractivity contribution in [2.75, 3.05) is 5.48 Å². The Balaban J connectivity index is 1.57. The topological polar surface area (TPSA) is 148 Å². The Kier molecular flexibility index (Phi) is 5.83. The normalized spacial score (nSPS) is 24.6. The first-order valence-electron chi connectivity index (χ1n) is 10.2. The van der Waals surface area contributed by atoms with Gasteiger partial charge in [-0.05, 0) is 36.8 Å². The maximum atomic E-state index is 13.2. The molecule has 2 N–H and O–H groups in total. The van der Waals surface area contributed by atoms with Crippen LogP contribution in [0.15, 0.2) is 54.6 Å². The zero-order chi connectivity index (χ0) is 23.8. The molecule has 4 rings (SSSR count). The number of ketones is 1. The van der Waals surface area contributed by atoms with Crippen LogP contribution in [-0.2, 0) is 30.6 Å². The van der Waals surface area contributed by atoms with Gasteiger partial charge in [0.25, 0.3) is 5.69 Å². The molecule has 0 radical (unpaired) electrons. The largest absolute Gasteiger partial charge is 0.457 e. The predicted molar refractivity (Wildman–Crippen MR) is 112 cm³/mol. The number of carbonyl (C=O) groups excluding carboxylic acids is 3. The van der Waals surface area contributed by atoms with Crippen molar-refractivity contribution < 1.29 is 34.0 Å². The summed E-state index contributed by atoms with van der Waals surface area (Å²) in [6, 6.07) is 13.1. The van der Waals surface area contributed by atoms with Crippen LogP contribution in [0.2, 0.25) is 0 Å². The highest BCUT2D eigenvalue weighted by atomic mass is 16.7. The number of para-hydroxylation sites is 1. The van der Waals surface area contributed by atoms with E-state index in [0.29, 0.717) is 11.3 Å². The van der Waals surface area contributed by atoms with E-state index in [9.17, 15) is 29.6 Å². The van der Waals surface area contributed by atoms with Crippen LogP contribution >= 0.6 is 0 Å². The molecular formula is C22H21N3O8. The van der Waals surface area contributed by atoms with Gasteiger partial charge in [0.1, 0.15) is 6.61 Å². The monoisotopic (exact) mass is 455 g/mol. The van der Waals surface area contributed by atoms with E-state index >= 15 is 0 Å². The molecule has 172 valence electrons. The molecule has 0 unspecified atom stereocenters. The number of β-lactam (4-membered cyclic amide) rings is 1. The van der Waals surface area contributed by atoms with Crippen molar-refractivity contribution in [3.8, 4) is 0 Å². The number of nitro groups is 1. The zero-order valence-electron chi connectivity index (χ0n) is 17.5. The number of ether oxygens (including phenoxy) is 1. The molecule has 2 saturated heterocycles. The summed E-state index contributed by atoms with van der Waals surface area (Å²) in [5.41, 5.74) is 0.956. The van der Waals surface area contributed by atoms with Crippen molar-refractivity contribution in [2.24, 2.45) is 5.92 Å². The van der Waals surface area contributed by atoms with Crippen LogP contribution in [0.3, 0.4) is 0 Å². The first-order valence-corrected chi connectivity index (χ1v) is 10.2. The highest BCUT2D eigenvalue weighted by Gasteiger charge is 2.72. The maximum Gasteiger partial charge on any atom is 0.371 e. The Bertz CT molecular complexity index is 1090. The third-order valence-electron chi connectivity index (χ3n) is 5.78. The summed E-state index contributed by atoms with van der Waals surface area (Å²) in [5, 5.41) is 20.7. The van der Waals surface area contributed by atoms with Gasteiger partial charge in [-0.15, -0.1) is 0 Å². The van der Waals surface area contributed by atoms with Gasteiger partial charge in [0, 0.05) is 18.6 Å². The number of rotatable bonds is 8. The number of fused-ring (bicyclic) bond motifs is 1. The average molecular weight is 455 g/mol. The SMILES string of the molecule is C[C@@H](O)[C@H]1C(=O)N2[C@@H]1CC(=O)[C@@]2(ONc1ccccc1)C(=O)OCc1ccc([N+](=O)[O-])cc1. The standard InChI is InChI=1S/C22H21N3O8/c1-13(26)19-17-11-18(27)22(24(17)20(19)28,33-23-15-5-3-2-4-6-15)21(29)32-12-14-7-9-16(10-8-14)25(30)31/h2-10,13,17,19,23,26H,11-12H2,1H3/t13-,17-,19-,22-/m1/s1. The van der Waals surface area contributed by atoms with E-state index < -0.39 is 46.4 Å². The summed E-state index contributed by atoms with van der Waals surface area (Å²) in [4.78, 5) is 55.8. The van der Waals surface area contributed by atoms with Gasteiger partial charge >= 0.3 is 11.7 Å². The molecule has 4 atom stereocenters. The van der Waals surface area contributed by atoms with Gasteiger partial charge in [-0.3, -0.25) is 30.1 Å². The maximum absolute atomic E-state index is 13.2. The number of Topliss-reactive ketones (excluding diaryl/α,β-unsaturated/α-hetero) is 1. The molecule has 2 heterocycles. The molecule has 0 bridgehead atoms. The second-order valence-corrected chi connectivity index (χ2v) is 7.88. The number of aliphatic hydroxyl groups is 1. The van der Waals surface area contributed by atoms with E-state index in [1.165, 1.54) is 31.2 Å². The highest BCUT2D eigenvalue weighted by molar-refractivity contribution is 6.14. The second-order valence-electron chi connectivity index (χ2n) is 7.88. The van der Waals surface area contributed by atoms with Crippen LogP contribution in [0.1, 0.15) is 18.9 Å². The lowest BCUT2D eigenvalue weighted by molar-refractivity contribution is -0.384. The summed E-state index contributed by atoms with van der Waals surface area (Å²) in [6.07, 6.45) is -1.18. The van der Waals surface area contributed by atoms with Crippen molar-refractivity contribution >= 4 is 29.0 Å².